The minimum Gasteiger partial charge on any atom is -0.296 e. The van der Waals surface area contributed by atoms with Gasteiger partial charge in [-0.2, -0.15) is 0 Å². The number of nitrogens with zero attached hydrogens (tertiary/aromatic N) is 3. The monoisotopic (exact) mass is 355 g/mol. The highest BCUT2D eigenvalue weighted by molar-refractivity contribution is 6.76. The van der Waals surface area contributed by atoms with Gasteiger partial charge in [-0.25, -0.2) is 0 Å². The summed E-state index contributed by atoms with van der Waals surface area (Å²) in [5, 5.41) is 0. The Bertz CT molecular complexity index is 250. The lowest BCUT2D eigenvalue weighted by atomic mass is 10.4. The SMILES string of the molecule is C=C[Si](N(CCC)CCC)(N(CCC)CCC)N(CCC)CCC. The van der Waals surface area contributed by atoms with Crippen LogP contribution >= 0.6 is 0 Å². The van der Waals surface area contributed by atoms with Gasteiger partial charge in [0, 0.05) is 0 Å². The molecule has 0 rings (SSSR count). The molecule has 0 aliphatic heterocycles. The summed E-state index contributed by atoms with van der Waals surface area (Å²) < 4.78 is 8.49. The van der Waals surface area contributed by atoms with Crippen molar-refractivity contribution in [1.29, 1.82) is 0 Å². The van der Waals surface area contributed by atoms with Crippen molar-refractivity contribution in [2.45, 2.75) is 80.1 Å². The van der Waals surface area contributed by atoms with Crippen LogP contribution in [-0.2, 0) is 0 Å². The van der Waals surface area contributed by atoms with Crippen LogP contribution in [0.1, 0.15) is 80.1 Å². The summed E-state index contributed by atoms with van der Waals surface area (Å²) in [6.07, 6.45) is 7.34. The lowest BCUT2D eigenvalue weighted by Crippen LogP contribution is -2.75. The molecule has 144 valence electrons. The summed E-state index contributed by atoms with van der Waals surface area (Å²) in [6.45, 7) is 25.5. The van der Waals surface area contributed by atoms with E-state index < -0.39 is 8.56 Å². The molecule has 0 aliphatic carbocycles. The van der Waals surface area contributed by atoms with E-state index in [9.17, 15) is 0 Å². The van der Waals surface area contributed by atoms with Gasteiger partial charge in [-0.3, -0.25) is 13.7 Å². The summed E-state index contributed by atoms with van der Waals surface area (Å²) >= 11 is 0. The Morgan fingerprint density at radius 2 is 0.750 bits per heavy atom. The van der Waals surface area contributed by atoms with Gasteiger partial charge in [0.25, 0.3) is 0 Å². The zero-order chi connectivity index (χ0) is 18.4. The first-order valence-corrected chi connectivity index (χ1v) is 12.4. The average Bonchev–Trinajstić information content (AvgIpc) is 2.57. The first-order chi connectivity index (χ1) is 11.6. The molecule has 24 heavy (non-hydrogen) atoms. The van der Waals surface area contributed by atoms with Crippen LogP contribution in [0, 0.1) is 0 Å². The molecule has 4 heteroatoms. The predicted octanol–water partition coefficient (Wildman–Crippen LogP) is 5.02. The van der Waals surface area contributed by atoms with Gasteiger partial charge in [-0.1, -0.05) is 47.2 Å². The Kier molecular flexibility index (Phi) is 14.0. The highest BCUT2D eigenvalue weighted by Crippen LogP contribution is 2.25. The van der Waals surface area contributed by atoms with E-state index in [1.54, 1.807) is 0 Å². The van der Waals surface area contributed by atoms with Crippen LogP contribution in [0.2, 0.25) is 0 Å². The maximum Gasteiger partial charge on any atom is 0.315 e. The van der Waals surface area contributed by atoms with E-state index in [1.807, 2.05) is 0 Å². The molecule has 0 amide bonds. The maximum absolute atomic E-state index is 4.43. The molecule has 0 unspecified atom stereocenters. The van der Waals surface area contributed by atoms with Crippen LogP contribution in [0.4, 0.5) is 0 Å². The first-order valence-electron chi connectivity index (χ1n) is 10.5. The molecule has 0 saturated carbocycles. The van der Waals surface area contributed by atoms with Crippen LogP contribution in [0.3, 0.4) is 0 Å². The molecule has 3 nitrogen and oxygen atoms in total. The van der Waals surface area contributed by atoms with E-state index in [4.69, 9.17) is 0 Å². The summed E-state index contributed by atoms with van der Waals surface area (Å²) in [6, 6.07) is 0. The summed E-state index contributed by atoms with van der Waals surface area (Å²) in [5.41, 5.74) is 2.38. The van der Waals surface area contributed by atoms with Crippen LogP contribution in [-0.4, -0.2) is 61.5 Å². The number of rotatable bonds is 16. The molecule has 0 aliphatic rings. The molecule has 0 bridgehead atoms. The van der Waals surface area contributed by atoms with E-state index in [0.29, 0.717) is 0 Å². The molecule has 0 atom stereocenters. The molecular formula is C20H45N3Si. The third kappa shape index (κ3) is 6.29. The molecule has 0 N–H and O–H groups in total. The van der Waals surface area contributed by atoms with Crippen molar-refractivity contribution >= 4 is 8.56 Å². The molecule has 0 aromatic carbocycles. The van der Waals surface area contributed by atoms with Gasteiger partial charge in [-0.15, -0.1) is 6.58 Å². The fourth-order valence-electron chi connectivity index (χ4n) is 3.93. The Hall–Kier alpha value is -0.163. The van der Waals surface area contributed by atoms with Crippen LogP contribution < -0.4 is 0 Å². The first kappa shape index (κ1) is 23.8. The van der Waals surface area contributed by atoms with Crippen molar-refractivity contribution in [1.82, 2.24) is 13.7 Å². The van der Waals surface area contributed by atoms with Crippen molar-refractivity contribution in [2.75, 3.05) is 39.3 Å². The Morgan fingerprint density at radius 1 is 0.542 bits per heavy atom. The summed E-state index contributed by atoms with van der Waals surface area (Å²) in [5.74, 6) is 0. The fourth-order valence-corrected chi connectivity index (χ4v) is 9.22. The largest absolute Gasteiger partial charge is 0.315 e. The third-order valence-corrected chi connectivity index (χ3v) is 9.31. The average molecular weight is 356 g/mol. The normalized spacial score (nSPS) is 12.5. The Morgan fingerprint density at radius 3 is 0.875 bits per heavy atom. The predicted molar refractivity (Wildman–Crippen MR) is 112 cm³/mol. The van der Waals surface area contributed by atoms with Crippen molar-refractivity contribution in [3.63, 3.8) is 0 Å². The summed E-state index contributed by atoms with van der Waals surface area (Å²) in [4.78, 5) is 0. The Balaban J connectivity index is 6.04. The molecule has 0 radical (unpaired) electrons. The molecule has 0 heterocycles. The minimum absolute atomic E-state index is 1.19. The third-order valence-electron chi connectivity index (χ3n) is 4.63. The topological polar surface area (TPSA) is 9.72 Å². The second kappa shape index (κ2) is 14.1. The second-order valence-electron chi connectivity index (χ2n) is 6.85. The molecular weight excluding hydrogens is 310 g/mol. The lowest BCUT2D eigenvalue weighted by molar-refractivity contribution is 0.243. The molecule has 0 aromatic rings. The highest BCUT2D eigenvalue weighted by atomic mass is 28.4. The van der Waals surface area contributed by atoms with Crippen molar-refractivity contribution in [3.8, 4) is 0 Å². The van der Waals surface area contributed by atoms with Gasteiger partial charge in [0.1, 0.15) is 0 Å². The molecule has 0 saturated heterocycles. The van der Waals surface area contributed by atoms with Crippen molar-refractivity contribution < 1.29 is 0 Å². The van der Waals surface area contributed by atoms with Gasteiger partial charge < -0.3 is 0 Å². The van der Waals surface area contributed by atoms with Crippen molar-refractivity contribution in [3.05, 3.63) is 12.3 Å². The Labute approximate surface area is 154 Å². The smallest absolute Gasteiger partial charge is 0.296 e. The molecule has 0 aromatic heterocycles. The standard InChI is InChI=1S/C20H45N3Si/c1-8-15-21(16-9-2)24(14-7,22(17-10-3)18-11-4)23(19-12-5)20-13-6/h14H,7-13,15-20H2,1-6H3. The van der Waals surface area contributed by atoms with Gasteiger partial charge in [0.2, 0.25) is 0 Å². The zero-order valence-corrected chi connectivity index (χ0v) is 18.6. The molecule has 0 fully saturated rings. The number of hydrogen-bond donors (Lipinski definition) is 0. The quantitative estimate of drug-likeness (QED) is 0.360. The number of hydrogen-bond acceptors (Lipinski definition) is 3. The van der Waals surface area contributed by atoms with Crippen LogP contribution in [0.25, 0.3) is 0 Å². The van der Waals surface area contributed by atoms with Crippen molar-refractivity contribution in [2.24, 2.45) is 0 Å². The molecule has 0 spiro atoms. The fraction of sp³-hybridized carbons (Fsp3) is 0.900. The second-order valence-corrected chi connectivity index (χ2v) is 10.5. The minimum atomic E-state index is -2.02. The van der Waals surface area contributed by atoms with Gasteiger partial charge in [0.05, 0.1) is 0 Å². The zero-order valence-electron chi connectivity index (χ0n) is 17.6. The van der Waals surface area contributed by atoms with Crippen LogP contribution in [0.5, 0.6) is 0 Å². The van der Waals surface area contributed by atoms with Gasteiger partial charge in [0.15, 0.2) is 0 Å². The van der Waals surface area contributed by atoms with E-state index in [1.165, 1.54) is 77.8 Å². The van der Waals surface area contributed by atoms with Gasteiger partial charge >= 0.3 is 8.56 Å². The maximum atomic E-state index is 4.43. The summed E-state index contributed by atoms with van der Waals surface area (Å²) in [7, 11) is -2.02. The van der Waals surface area contributed by atoms with E-state index >= 15 is 0 Å². The highest BCUT2D eigenvalue weighted by Gasteiger charge is 2.47. The van der Waals surface area contributed by atoms with Gasteiger partial charge in [-0.05, 0) is 77.8 Å². The van der Waals surface area contributed by atoms with E-state index in [-0.39, 0.29) is 0 Å². The van der Waals surface area contributed by atoms with E-state index in [2.05, 4.69) is 67.5 Å². The van der Waals surface area contributed by atoms with Crippen LogP contribution in [0.15, 0.2) is 12.3 Å². The van der Waals surface area contributed by atoms with E-state index in [0.717, 1.165) is 0 Å². The lowest BCUT2D eigenvalue weighted by Gasteiger charge is -2.53.